The van der Waals surface area contributed by atoms with Crippen molar-refractivity contribution in [3.05, 3.63) is 41.2 Å². The summed E-state index contributed by atoms with van der Waals surface area (Å²) < 4.78 is 2.09. The summed E-state index contributed by atoms with van der Waals surface area (Å²) in [4.78, 5) is 10.9. The molecule has 6 heteroatoms. The fourth-order valence-corrected chi connectivity index (χ4v) is 2.91. The Morgan fingerprint density at radius 1 is 1.35 bits per heavy atom. The van der Waals surface area contributed by atoms with Gasteiger partial charge < -0.3 is 9.67 Å². The predicted molar refractivity (Wildman–Crippen MR) is 78.0 cm³/mol. The molecule has 0 unspecified atom stereocenters. The molecule has 0 spiro atoms. The molecule has 0 fully saturated rings. The van der Waals surface area contributed by atoms with Crippen LogP contribution in [-0.4, -0.2) is 25.8 Å². The highest BCUT2D eigenvalue weighted by atomic mass is 32.2. The molecule has 1 aromatic carbocycles. The molecule has 1 heterocycles. The number of thioether (sulfide) groups is 1. The Balaban J connectivity index is 2.10. The van der Waals surface area contributed by atoms with Crippen molar-refractivity contribution in [2.75, 3.05) is 0 Å². The molecule has 20 heavy (non-hydrogen) atoms. The van der Waals surface area contributed by atoms with Gasteiger partial charge in [0.1, 0.15) is 5.82 Å². The van der Waals surface area contributed by atoms with Gasteiger partial charge in [-0.3, -0.25) is 0 Å². The Kier molecular flexibility index (Phi) is 4.79. The van der Waals surface area contributed by atoms with Crippen LogP contribution in [-0.2, 0) is 18.7 Å². The number of rotatable bonds is 6. The normalized spacial score (nSPS) is 10.7. The lowest BCUT2D eigenvalue weighted by Crippen LogP contribution is -2.02. The SMILES string of the molecule is CCc1nnc(SCc2cccc(C(=O)O)c2)n1CC. The minimum Gasteiger partial charge on any atom is -0.478 e. The molecule has 0 aliphatic heterocycles. The van der Waals surface area contributed by atoms with Crippen molar-refractivity contribution >= 4 is 17.7 Å². The second-order valence-corrected chi connectivity index (χ2v) is 5.23. The molecule has 2 aromatic rings. The average molecular weight is 291 g/mol. The summed E-state index contributed by atoms with van der Waals surface area (Å²) in [5, 5.41) is 18.2. The first-order chi connectivity index (χ1) is 9.65. The lowest BCUT2D eigenvalue weighted by molar-refractivity contribution is 0.0697. The van der Waals surface area contributed by atoms with E-state index >= 15 is 0 Å². The zero-order valence-electron chi connectivity index (χ0n) is 11.5. The van der Waals surface area contributed by atoms with Crippen molar-refractivity contribution < 1.29 is 9.90 Å². The summed E-state index contributed by atoms with van der Waals surface area (Å²) >= 11 is 1.58. The van der Waals surface area contributed by atoms with Crippen molar-refractivity contribution in [2.45, 2.75) is 37.7 Å². The third kappa shape index (κ3) is 3.19. The molecule has 0 atom stereocenters. The van der Waals surface area contributed by atoms with Gasteiger partial charge in [0.25, 0.3) is 0 Å². The quantitative estimate of drug-likeness (QED) is 0.829. The van der Waals surface area contributed by atoms with Gasteiger partial charge >= 0.3 is 5.97 Å². The molecule has 5 nitrogen and oxygen atoms in total. The van der Waals surface area contributed by atoms with E-state index in [4.69, 9.17) is 5.11 Å². The van der Waals surface area contributed by atoms with Crippen LogP contribution in [0.15, 0.2) is 29.4 Å². The summed E-state index contributed by atoms with van der Waals surface area (Å²) in [6, 6.07) is 6.98. The predicted octanol–water partition coefficient (Wildman–Crippen LogP) is 2.85. The first-order valence-corrected chi connectivity index (χ1v) is 7.51. The van der Waals surface area contributed by atoms with Gasteiger partial charge in [-0.2, -0.15) is 0 Å². The van der Waals surface area contributed by atoms with Crippen LogP contribution in [0.1, 0.15) is 35.6 Å². The third-order valence-corrected chi connectivity index (χ3v) is 4.01. The van der Waals surface area contributed by atoms with Crippen LogP contribution in [0.3, 0.4) is 0 Å². The Labute approximate surface area is 122 Å². The molecule has 1 N–H and O–H groups in total. The first kappa shape index (κ1) is 14.6. The molecule has 0 amide bonds. The second kappa shape index (κ2) is 6.56. The van der Waals surface area contributed by atoms with Gasteiger partial charge in [-0.1, -0.05) is 30.8 Å². The lowest BCUT2D eigenvalue weighted by atomic mass is 10.1. The number of aryl methyl sites for hydroxylation is 1. The molecule has 0 saturated carbocycles. The zero-order valence-corrected chi connectivity index (χ0v) is 12.4. The van der Waals surface area contributed by atoms with Gasteiger partial charge in [0.15, 0.2) is 5.16 Å². The Bertz CT molecular complexity index is 610. The zero-order chi connectivity index (χ0) is 14.5. The smallest absolute Gasteiger partial charge is 0.335 e. The van der Waals surface area contributed by atoms with Gasteiger partial charge in [0.2, 0.25) is 0 Å². The van der Waals surface area contributed by atoms with Gasteiger partial charge in [-0.15, -0.1) is 10.2 Å². The Morgan fingerprint density at radius 3 is 2.80 bits per heavy atom. The van der Waals surface area contributed by atoms with Crippen LogP contribution in [0.5, 0.6) is 0 Å². The van der Waals surface area contributed by atoms with E-state index in [9.17, 15) is 4.79 Å². The minimum atomic E-state index is -0.901. The summed E-state index contributed by atoms with van der Waals surface area (Å²) in [6.45, 7) is 4.96. The van der Waals surface area contributed by atoms with Gasteiger partial charge in [0, 0.05) is 18.7 Å². The van der Waals surface area contributed by atoms with E-state index in [2.05, 4.69) is 28.6 Å². The van der Waals surface area contributed by atoms with Crippen LogP contribution in [0.25, 0.3) is 0 Å². The van der Waals surface area contributed by atoms with Crippen LogP contribution in [0, 0.1) is 0 Å². The second-order valence-electron chi connectivity index (χ2n) is 4.29. The van der Waals surface area contributed by atoms with Crippen LogP contribution >= 0.6 is 11.8 Å². The number of benzene rings is 1. The Hall–Kier alpha value is -1.82. The third-order valence-electron chi connectivity index (χ3n) is 2.97. The summed E-state index contributed by atoms with van der Waals surface area (Å²) in [5.41, 5.74) is 1.29. The monoisotopic (exact) mass is 291 g/mol. The molecule has 0 aliphatic carbocycles. The molecular weight excluding hydrogens is 274 g/mol. The van der Waals surface area contributed by atoms with E-state index in [0.717, 1.165) is 29.5 Å². The van der Waals surface area contributed by atoms with E-state index in [1.807, 2.05) is 6.07 Å². The highest BCUT2D eigenvalue weighted by Gasteiger charge is 2.10. The number of hydrogen-bond acceptors (Lipinski definition) is 4. The minimum absolute atomic E-state index is 0.314. The van der Waals surface area contributed by atoms with Crippen LogP contribution in [0.2, 0.25) is 0 Å². The maximum atomic E-state index is 10.9. The maximum Gasteiger partial charge on any atom is 0.335 e. The molecule has 2 rings (SSSR count). The highest BCUT2D eigenvalue weighted by molar-refractivity contribution is 7.98. The number of carbonyl (C=O) groups is 1. The number of carboxylic acid groups (broad SMARTS) is 1. The van der Waals surface area contributed by atoms with Crippen molar-refractivity contribution in [1.82, 2.24) is 14.8 Å². The van der Waals surface area contributed by atoms with Crippen LogP contribution < -0.4 is 0 Å². The Morgan fingerprint density at radius 2 is 2.15 bits per heavy atom. The number of carboxylic acids is 1. The fraction of sp³-hybridized carbons (Fsp3) is 0.357. The molecule has 1 aromatic heterocycles. The van der Waals surface area contributed by atoms with Crippen LogP contribution in [0.4, 0.5) is 0 Å². The largest absolute Gasteiger partial charge is 0.478 e. The van der Waals surface area contributed by atoms with E-state index in [1.54, 1.807) is 30.0 Å². The number of aromatic nitrogens is 3. The number of hydrogen-bond donors (Lipinski definition) is 1. The van der Waals surface area contributed by atoms with E-state index in [1.165, 1.54) is 0 Å². The van der Waals surface area contributed by atoms with Crippen molar-refractivity contribution in [3.63, 3.8) is 0 Å². The molecule has 0 bridgehead atoms. The number of aromatic carboxylic acids is 1. The summed E-state index contributed by atoms with van der Waals surface area (Å²) in [7, 11) is 0. The average Bonchev–Trinajstić information content (AvgIpc) is 2.87. The summed E-state index contributed by atoms with van der Waals surface area (Å²) in [5.74, 6) is 0.763. The van der Waals surface area contributed by atoms with E-state index in [-0.39, 0.29) is 0 Å². The number of nitrogens with zero attached hydrogens (tertiary/aromatic N) is 3. The highest BCUT2D eigenvalue weighted by Crippen LogP contribution is 2.22. The maximum absolute atomic E-state index is 10.9. The standard InChI is InChI=1S/C14H17N3O2S/c1-3-12-15-16-14(17(12)4-2)20-9-10-6-5-7-11(8-10)13(18)19/h5-8H,3-4,9H2,1-2H3,(H,18,19). The summed E-state index contributed by atoms with van der Waals surface area (Å²) in [6.07, 6.45) is 0.857. The topological polar surface area (TPSA) is 68.0 Å². The van der Waals surface area contributed by atoms with Crippen molar-refractivity contribution in [1.29, 1.82) is 0 Å². The van der Waals surface area contributed by atoms with Gasteiger partial charge in [-0.25, -0.2) is 4.79 Å². The molecular formula is C14H17N3O2S. The molecule has 0 saturated heterocycles. The fourth-order valence-electron chi connectivity index (χ4n) is 1.95. The lowest BCUT2D eigenvalue weighted by Gasteiger charge is -2.06. The van der Waals surface area contributed by atoms with E-state index in [0.29, 0.717) is 11.3 Å². The van der Waals surface area contributed by atoms with Crippen molar-refractivity contribution in [3.8, 4) is 0 Å². The van der Waals surface area contributed by atoms with E-state index < -0.39 is 5.97 Å². The first-order valence-electron chi connectivity index (χ1n) is 6.52. The van der Waals surface area contributed by atoms with Crippen molar-refractivity contribution in [2.24, 2.45) is 0 Å². The molecule has 0 radical (unpaired) electrons. The molecule has 0 aliphatic rings. The molecule has 106 valence electrons. The van der Waals surface area contributed by atoms with Gasteiger partial charge in [0.05, 0.1) is 5.56 Å². The van der Waals surface area contributed by atoms with Gasteiger partial charge in [-0.05, 0) is 24.6 Å².